The summed E-state index contributed by atoms with van der Waals surface area (Å²) in [4.78, 5) is 8.14. The molecule has 1 aliphatic rings. The van der Waals surface area contributed by atoms with Gasteiger partial charge in [-0.2, -0.15) is 0 Å². The first kappa shape index (κ1) is 25.7. The van der Waals surface area contributed by atoms with E-state index in [1.165, 1.54) is 11.9 Å². The molecule has 0 spiro atoms. The number of benzene rings is 1. The van der Waals surface area contributed by atoms with Crippen molar-refractivity contribution >= 4 is 17.9 Å². The Bertz CT molecular complexity index is 1170. The van der Waals surface area contributed by atoms with E-state index in [1.54, 1.807) is 21.3 Å². The van der Waals surface area contributed by atoms with Gasteiger partial charge in [-0.25, -0.2) is 19.8 Å². The standard InChI is InChI=1S/C23H29FN8O3S/c1-6-31-11-10-16(29-31)22-27-28-23(32(22)19-17(33-3)8-7-9-18(19)34-4)30-36-14(2)20(35-5)21-25-12-15(24)13-26-21/h7-14,16,20,29H,6H2,1-5H3,(H,28,30). The van der Waals surface area contributed by atoms with Gasteiger partial charge in [0.2, 0.25) is 5.95 Å². The summed E-state index contributed by atoms with van der Waals surface area (Å²) in [7, 11) is 4.77. The Hall–Kier alpha value is -3.42. The highest BCUT2D eigenvalue weighted by atomic mass is 32.2. The monoisotopic (exact) mass is 516 g/mol. The van der Waals surface area contributed by atoms with Crippen LogP contribution in [0, 0.1) is 5.82 Å². The molecule has 3 unspecified atom stereocenters. The highest BCUT2D eigenvalue weighted by Crippen LogP contribution is 2.38. The van der Waals surface area contributed by atoms with Crippen molar-refractivity contribution in [2.24, 2.45) is 0 Å². The van der Waals surface area contributed by atoms with Crippen LogP contribution in [0.25, 0.3) is 5.69 Å². The Morgan fingerprint density at radius 3 is 2.42 bits per heavy atom. The molecule has 0 fully saturated rings. The second-order valence-electron chi connectivity index (χ2n) is 7.80. The van der Waals surface area contributed by atoms with E-state index in [9.17, 15) is 4.39 Å². The Kier molecular flexibility index (Phi) is 8.23. The maximum Gasteiger partial charge on any atom is 0.239 e. The average molecular weight is 517 g/mol. The summed E-state index contributed by atoms with van der Waals surface area (Å²) < 4.78 is 35.4. The van der Waals surface area contributed by atoms with Gasteiger partial charge in [0.1, 0.15) is 29.3 Å². The number of halogens is 1. The van der Waals surface area contributed by atoms with Gasteiger partial charge in [-0.15, -0.1) is 10.2 Å². The Balaban J connectivity index is 1.68. The fourth-order valence-corrected chi connectivity index (χ4v) is 4.59. The second-order valence-corrected chi connectivity index (χ2v) is 8.99. The Morgan fingerprint density at radius 2 is 1.83 bits per heavy atom. The van der Waals surface area contributed by atoms with E-state index < -0.39 is 11.9 Å². The highest BCUT2D eigenvalue weighted by molar-refractivity contribution is 8.01. The smallest absolute Gasteiger partial charge is 0.239 e. The molecule has 0 amide bonds. The third-order valence-electron chi connectivity index (χ3n) is 5.61. The van der Waals surface area contributed by atoms with Crippen LogP contribution in [0.2, 0.25) is 0 Å². The predicted octanol–water partition coefficient (Wildman–Crippen LogP) is 3.44. The molecule has 0 bridgehead atoms. The largest absolute Gasteiger partial charge is 0.494 e. The number of nitrogens with zero attached hydrogens (tertiary/aromatic N) is 6. The number of hydrogen-bond acceptors (Lipinski definition) is 11. The van der Waals surface area contributed by atoms with Gasteiger partial charge in [0.05, 0.1) is 31.9 Å². The Morgan fingerprint density at radius 1 is 1.14 bits per heavy atom. The van der Waals surface area contributed by atoms with E-state index in [2.05, 4.69) is 37.2 Å². The van der Waals surface area contributed by atoms with E-state index in [0.717, 1.165) is 18.9 Å². The zero-order valence-electron chi connectivity index (χ0n) is 20.7. The number of para-hydroxylation sites is 1. The molecule has 0 saturated carbocycles. The van der Waals surface area contributed by atoms with Crippen LogP contribution in [-0.4, -0.2) is 62.9 Å². The van der Waals surface area contributed by atoms with Crippen molar-refractivity contribution in [2.45, 2.75) is 31.2 Å². The minimum Gasteiger partial charge on any atom is -0.494 e. The normalized spacial score (nSPS) is 16.7. The van der Waals surface area contributed by atoms with Crippen LogP contribution in [0.4, 0.5) is 10.3 Å². The average Bonchev–Trinajstić information content (AvgIpc) is 3.55. The number of hydrazine groups is 1. The lowest BCUT2D eigenvalue weighted by Crippen LogP contribution is -2.31. The first-order valence-corrected chi connectivity index (χ1v) is 12.2. The van der Waals surface area contributed by atoms with Gasteiger partial charge in [-0.3, -0.25) is 9.29 Å². The van der Waals surface area contributed by atoms with Gasteiger partial charge < -0.3 is 19.2 Å². The number of ether oxygens (including phenoxy) is 3. The first-order valence-electron chi connectivity index (χ1n) is 11.3. The molecule has 36 heavy (non-hydrogen) atoms. The van der Waals surface area contributed by atoms with Crippen molar-refractivity contribution in [3.8, 4) is 17.2 Å². The molecule has 0 saturated heterocycles. The molecule has 3 heterocycles. The van der Waals surface area contributed by atoms with Crippen LogP contribution < -0.4 is 19.6 Å². The molecule has 0 radical (unpaired) electrons. The van der Waals surface area contributed by atoms with Crippen molar-refractivity contribution in [2.75, 3.05) is 32.6 Å². The van der Waals surface area contributed by atoms with Crippen LogP contribution in [0.5, 0.6) is 11.5 Å². The van der Waals surface area contributed by atoms with Crippen molar-refractivity contribution in [1.82, 2.24) is 35.2 Å². The highest BCUT2D eigenvalue weighted by Gasteiger charge is 2.29. The van der Waals surface area contributed by atoms with Crippen LogP contribution >= 0.6 is 11.9 Å². The van der Waals surface area contributed by atoms with E-state index in [4.69, 9.17) is 14.2 Å². The molecule has 1 aromatic carbocycles. The molecule has 1 aliphatic heterocycles. The number of aromatic nitrogens is 5. The maximum atomic E-state index is 13.3. The minimum absolute atomic E-state index is 0.172. The van der Waals surface area contributed by atoms with E-state index in [0.29, 0.717) is 34.8 Å². The van der Waals surface area contributed by atoms with Gasteiger partial charge >= 0.3 is 0 Å². The van der Waals surface area contributed by atoms with Crippen molar-refractivity contribution in [3.05, 3.63) is 60.3 Å². The summed E-state index contributed by atoms with van der Waals surface area (Å²) in [5.41, 5.74) is 4.05. The summed E-state index contributed by atoms with van der Waals surface area (Å²) in [6, 6.07) is 5.34. The summed E-state index contributed by atoms with van der Waals surface area (Å²) in [6.45, 7) is 4.79. The summed E-state index contributed by atoms with van der Waals surface area (Å²) >= 11 is 1.36. The number of hydrogen-bond donors (Lipinski definition) is 2. The number of nitrogens with one attached hydrogen (secondary N) is 2. The molecule has 0 aliphatic carbocycles. The molecule has 2 N–H and O–H groups in total. The fraction of sp³-hybridized carbons (Fsp3) is 0.391. The van der Waals surface area contributed by atoms with Crippen molar-refractivity contribution in [1.29, 1.82) is 0 Å². The van der Waals surface area contributed by atoms with Crippen LogP contribution in [0.1, 0.15) is 37.6 Å². The maximum absolute atomic E-state index is 13.3. The van der Waals surface area contributed by atoms with Crippen molar-refractivity contribution in [3.63, 3.8) is 0 Å². The van der Waals surface area contributed by atoms with Crippen LogP contribution in [-0.2, 0) is 4.74 Å². The lowest BCUT2D eigenvalue weighted by molar-refractivity contribution is 0.0970. The summed E-state index contributed by atoms with van der Waals surface area (Å²) in [5, 5.41) is 10.7. The fourth-order valence-electron chi connectivity index (χ4n) is 3.82. The van der Waals surface area contributed by atoms with E-state index >= 15 is 0 Å². The van der Waals surface area contributed by atoms with Gasteiger partial charge in [0.25, 0.3) is 0 Å². The third kappa shape index (κ3) is 5.22. The molecular formula is C23H29FN8O3S. The Labute approximate surface area is 213 Å². The molecule has 13 heteroatoms. The zero-order chi connectivity index (χ0) is 25.7. The third-order valence-corrected chi connectivity index (χ3v) is 6.53. The van der Waals surface area contributed by atoms with Crippen LogP contribution in [0.15, 0.2) is 42.9 Å². The molecule has 11 nitrogen and oxygen atoms in total. The van der Waals surface area contributed by atoms with E-state index in [1.807, 2.05) is 47.0 Å². The lowest BCUT2D eigenvalue weighted by atomic mass is 10.2. The molecule has 3 atom stereocenters. The SMILES string of the molecule is CCN1C=CC(c2nnc(NSC(C)C(OC)c3ncc(F)cn3)n2-c2c(OC)cccc2OC)N1. The predicted molar refractivity (Wildman–Crippen MR) is 134 cm³/mol. The lowest BCUT2D eigenvalue weighted by Gasteiger charge is -2.23. The first-order chi connectivity index (χ1) is 17.5. The summed E-state index contributed by atoms with van der Waals surface area (Å²) in [6.07, 6.45) is 5.74. The quantitative estimate of drug-likeness (QED) is 0.366. The number of anilines is 1. The molecule has 4 rings (SSSR count). The molecule has 3 aromatic rings. The summed E-state index contributed by atoms with van der Waals surface area (Å²) in [5.74, 6) is 2.18. The van der Waals surface area contributed by atoms with Crippen molar-refractivity contribution < 1.29 is 18.6 Å². The number of methoxy groups -OCH3 is 3. The van der Waals surface area contributed by atoms with Crippen LogP contribution in [0.3, 0.4) is 0 Å². The van der Waals surface area contributed by atoms with Gasteiger partial charge in [-0.05, 0) is 44.0 Å². The number of rotatable bonds is 11. The van der Waals surface area contributed by atoms with Gasteiger partial charge in [-0.1, -0.05) is 6.07 Å². The minimum atomic E-state index is -0.505. The molecule has 2 aromatic heterocycles. The zero-order valence-corrected chi connectivity index (χ0v) is 21.5. The van der Waals surface area contributed by atoms with E-state index in [-0.39, 0.29) is 11.3 Å². The second kappa shape index (κ2) is 11.5. The topological polar surface area (TPSA) is 111 Å². The molecule has 192 valence electrons. The van der Waals surface area contributed by atoms with Gasteiger partial charge in [0.15, 0.2) is 17.5 Å². The molecular weight excluding hydrogens is 487 g/mol. The van der Waals surface area contributed by atoms with Gasteiger partial charge in [0, 0.05) is 19.9 Å².